The molecule has 1 amide bonds. The summed E-state index contributed by atoms with van der Waals surface area (Å²) in [7, 11) is 1.56. The zero-order chi connectivity index (χ0) is 19.5. The van der Waals surface area contributed by atoms with E-state index in [9.17, 15) is 4.79 Å². The predicted molar refractivity (Wildman–Crippen MR) is 105 cm³/mol. The van der Waals surface area contributed by atoms with Crippen molar-refractivity contribution in [2.75, 3.05) is 17.7 Å². The van der Waals surface area contributed by atoms with Crippen molar-refractivity contribution in [3.05, 3.63) is 54.9 Å². The number of carbonyl (C=O) groups excluding carboxylic acids is 1. The van der Waals surface area contributed by atoms with Gasteiger partial charge in [0.1, 0.15) is 17.0 Å². The predicted octanol–water partition coefficient (Wildman–Crippen LogP) is 2.90. The number of anilines is 3. The molecule has 0 unspecified atom stereocenters. The van der Waals surface area contributed by atoms with Crippen molar-refractivity contribution in [1.82, 2.24) is 24.6 Å². The van der Waals surface area contributed by atoms with E-state index in [-0.39, 0.29) is 5.91 Å². The van der Waals surface area contributed by atoms with Gasteiger partial charge in [-0.25, -0.2) is 19.5 Å². The highest BCUT2D eigenvalue weighted by atomic mass is 16.5. The fraction of sp³-hybridized carbons (Fsp3) is 0.105. The minimum Gasteiger partial charge on any atom is -0.481 e. The third-order valence-electron chi connectivity index (χ3n) is 3.88. The zero-order valence-electron chi connectivity index (χ0n) is 15.2. The number of amides is 1. The maximum absolute atomic E-state index is 11.3. The number of nitrogens with one attached hydrogen (secondary N) is 2. The van der Waals surface area contributed by atoms with Gasteiger partial charge in [0.15, 0.2) is 5.82 Å². The normalized spacial score (nSPS) is 10.6. The number of rotatable bonds is 5. The lowest BCUT2D eigenvalue weighted by atomic mass is 10.3. The number of carbonyl (C=O) groups is 1. The number of hydrogen-bond acceptors (Lipinski definition) is 7. The lowest BCUT2D eigenvalue weighted by molar-refractivity contribution is -0.114. The van der Waals surface area contributed by atoms with Crippen molar-refractivity contribution in [3.63, 3.8) is 0 Å². The van der Waals surface area contributed by atoms with E-state index in [2.05, 4.69) is 30.7 Å². The molecule has 0 aliphatic carbocycles. The molecule has 0 bridgehead atoms. The molecule has 2 N–H and O–H groups in total. The summed E-state index contributed by atoms with van der Waals surface area (Å²) in [6, 6.07) is 12.7. The fourth-order valence-corrected chi connectivity index (χ4v) is 2.68. The Labute approximate surface area is 160 Å². The summed E-state index contributed by atoms with van der Waals surface area (Å²) in [5.74, 6) is 1.79. The molecule has 0 radical (unpaired) electrons. The fourth-order valence-electron chi connectivity index (χ4n) is 2.68. The van der Waals surface area contributed by atoms with Crippen LogP contribution in [0.3, 0.4) is 0 Å². The molecular weight excluding hydrogens is 358 g/mol. The van der Waals surface area contributed by atoms with Crippen molar-refractivity contribution >= 4 is 28.7 Å². The molecule has 4 aromatic heterocycles. The van der Waals surface area contributed by atoms with Crippen LogP contribution < -0.4 is 15.4 Å². The van der Waals surface area contributed by atoms with Gasteiger partial charge in [-0.1, -0.05) is 6.07 Å². The highest BCUT2D eigenvalue weighted by Gasteiger charge is 2.12. The lowest BCUT2D eigenvalue weighted by Gasteiger charge is -2.11. The number of nitrogens with zero attached hydrogens (tertiary/aromatic N) is 5. The first-order valence-corrected chi connectivity index (χ1v) is 8.50. The van der Waals surface area contributed by atoms with Crippen LogP contribution >= 0.6 is 0 Å². The van der Waals surface area contributed by atoms with Crippen molar-refractivity contribution in [2.24, 2.45) is 0 Å². The van der Waals surface area contributed by atoms with Crippen molar-refractivity contribution < 1.29 is 9.53 Å². The van der Waals surface area contributed by atoms with Gasteiger partial charge in [-0.3, -0.25) is 4.79 Å². The first-order chi connectivity index (χ1) is 13.6. The maximum Gasteiger partial charge on any atom is 0.222 e. The second-order valence-corrected chi connectivity index (χ2v) is 5.92. The van der Waals surface area contributed by atoms with Crippen LogP contribution in [0.25, 0.3) is 17.0 Å². The average molecular weight is 375 g/mol. The van der Waals surface area contributed by atoms with Gasteiger partial charge in [-0.05, 0) is 24.3 Å². The van der Waals surface area contributed by atoms with Crippen LogP contribution in [0.1, 0.15) is 6.92 Å². The van der Waals surface area contributed by atoms with Gasteiger partial charge in [0.25, 0.3) is 0 Å². The summed E-state index contributed by atoms with van der Waals surface area (Å²) in [5.41, 5.74) is 2.11. The Hall–Kier alpha value is -4.01. The largest absolute Gasteiger partial charge is 0.481 e. The van der Waals surface area contributed by atoms with Crippen LogP contribution in [0, 0.1) is 0 Å². The number of hydrogen-bond donors (Lipinski definition) is 2. The molecule has 0 saturated carbocycles. The molecule has 0 fully saturated rings. The van der Waals surface area contributed by atoms with E-state index >= 15 is 0 Å². The Morgan fingerprint density at radius 3 is 2.86 bits per heavy atom. The van der Waals surface area contributed by atoms with Gasteiger partial charge in [0, 0.05) is 37.1 Å². The third kappa shape index (κ3) is 3.58. The molecule has 4 heterocycles. The molecule has 0 atom stereocenters. The standard InChI is InChI=1S/C19H17N7O2/c1-12(27)21-16-11-13(8-9-20-16)22-19-15-6-4-10-26(15)25-18(24-19)14-5-3-7-17(23-14)28-2/h3-11H,1-2H3,(H2,20,21,22,24,25,27). The maximum atomic E-state index is 11.3. The van der Waals surface area contributed by atoms with E-state index in [0.29, 0.717) is 29.0 Å². The first-order valence-electron chi connectivity index (χ1n) is 8.50. The molecule has 9 heteroatoms. The van der Waals surface area contributed by atoms with Crippen LogP contribution in [0.5, 0.6) is 5.88 Å². The smallest absolute Gasteiger partial charge is 0.222 e. The van der Waals surface area contributed by atoms with Crippen LogP contribution in [0.15, 0.2) is 54.9 Å². The van der Waals surface area contributed by atoms with Crippen molar-refractivity contribution in [1.29, 1.82) is 0 Å². The molecular formula is C19H17N7O2. The second-order valence-electron chi connectivity index (χ2n) is 5.92. The number of aromatic nitrogens is 5. The molecule has 28 heavy (non-hydrogen) atoms. The number of methoxy groups -OCH3 is 1. The van der Waals surface area contributed by atoms with Gasteiger partial charge in [-0.2, -0.15) is 0 Å². The average Bonchev–Trinajstić information content (AvgIpc) is 3.17. The summed E-state index contributed by atoms with van der Waals surface area (Å²) in [6.07, 6.45) is 3.44. The van der Waals surface area contributed by atoms with E-state index in [0.717, 1.165) is 11.2 Å². The number of ether oxygens (including phenoxy) is 1. The Morgan fingerprint density at radius 2 is 2.04 bits per heavy atom. The van der Waals surface area contributed by atoms with E-state index in [4.69, 9.17) is 4.74 Å². The van der Waals surface area contributed by atoms with E-state index in [1.54, 1.807) is 36.0 Å². The second kappa shape index (κ2) is 7.31. The van der Waals surface area contributed by atoms with Crippen molar-refractivity contribution in [2.45, 2.75) is 6.92 Å². The summed E-state index contributed by atoms with van der Waals surface area (Å²) in [4.78, 5) is 24.4. The molecule has 0 spiro atoms. The number of fused-ring (bicyclic) bond motifs is 1. The van der Waals surface area contributed by atoms with E-state index < -0.39 is 0 Å². The summed E-state index contributed by atoms with van der Waals surface area (Å²) in [6.45, 7) is 1.43. The van der Waals surface area contributed by atoms with Crippen LogP contribution in [-0.4, -0.2) is 37.6 Å². The Kier molecular flexibility index (Phi) is 4.55. The Balaban J connectivity index is 1.74. The minimum absolute atomic E-state index is 0.188. The van der Waals surface area contributed by atoms with Gasteiger partial charge >= 0.3 is 0 Å². The van der Waals surface area contributed by atoms with Crippen LogP contribution in [-0.2, 0) is 4.79 Å². The molecule has 140 valence electrons. The summed E-state index contributed by atoms with van der Waals surface area (Å²) < 4.78 is 6.91. The van der Waals surface area contributed by atoms with E-state index in [1.807, 2.05) is 30.5 Å². The minimum atomic E-state index is -0.188. The monoisotopic (exact) mass is 375 g/mol. The third-order valence-corrected chi connectivity index (χ3v) is 3.88. The molecule has 9 nitrogen and oxygen atoms in total. The van der Waals surface area contributed by atoms with Gasteiger partial charge in [0.05, 0.1) is 7.11 Å². The zero-order valence-corrected chi connectivity index (χ0v) is 15.2. The summed E-state index contributed by atoms with van der Waals surface area (Å²) in [5, 5.41) is 10.4. The topological polar surface area (TPSA) is 106 Å². The molecule has 0 aliphatic heterocycles. The molecule has 0 aliphatic rings. The van der Waals surface area contributed by atoms with Crippen LogP contribution in [0.4, 0.5) is 17.3 Å². The summed E-state index contributed by atoms with van der Waals surface area (Å²) >= 11 is 0. The highest BCUT2D eigenvalue weighted by Crippen LogP contribution is 2.24. The van der Waals surface area contributed by atoms with E-state index in [1.165, 1.54) is 6.92 Å². The van der Waals surface area contributed by atoms with Crippen LogP contribution in [0.2, 0.25) is 0 Å². The first kappa shape index (κ1) is 17.4. The highest BCUT2D eigenvalue weighted by molar-refractivity contribution is 5.88. The molecule has 4 rings (SSSR count). The quantitative estimate of drug-likeness (QED) is 0.552. The number of pyridine rings is 2. The lowest BCUT2D eigenvalue weighted by Crippen LogP contribution is -2.08. The van der Waals surface area contributed by atoms with Gasteiger partial charge in [-0.15, -0.1) is 5.10 Å². The van der Waals surface area contributed by atoms with Crippen molar-refractivity contribution in [3.8, 4) is 17.4 Å². The molecule has 0 aromatic carbocycles. The molecule has 4 aromatic rings. The van der Waals surface area contributed by atoms with Gasteiger partial charge in [0.2, 0.25) is 17.6 Å². The SMILES string of the molecule is COc1cccc(-c2nc(Nc3ccnc(NC(C)=O)c3)c3cccn3n2)n1. The van der Waals surface area contributed by atoms with Gasteiger partial charge < -0.3 is 15.4 Å². The Bertz CT molecular complexity index is 1160. The molecule has 0 saturated heterocycles. The Morgan fingerprint density at radius 1 is 1.14 bits per heavy atom.